The number of fused-ring (bicyclic) bond motifs is 2. The van der Waals surface area contributed by atoms with E-state index >= 15 is 0 Å². The molecule has 5 nitrogen and oxygen atoms in total. The normalized spacial score (nSPS) is 15.8. The number of para-hydroxylation sites is 2. The topological polar surface area (TPSA) is 53.8 Å². The lowest BCUT2D eigenvalue weighted by molar-refractivity contribution is -0.119. The zero-order chi connectivity index (χ0) is 25.7. The number of furan rings is 1. The maximum atomic E-state index is 14.4. The molecule has 0 spiro atoms. The number of rotatable bonds is 3. The fourth-order valence-corrected chi connectivity index (χ4v) is 5.04. The Balaban J connectivity index is 1.71. The summed E-state index contributed by atoms with van der Waals surface area (Å²) in [6.07, 6.45) is 6.67. The molecule has 0 unspecified atom stereocenters. The first-order chi connectivity index (χ1) is 17.4. The molecule has 0 aliphatic carbocycles. The molecule has 0 atom stereocenters. The van der Waals surface area contributed by atoms with Crippen molar-refractivity contribution in [2.75, 3.05) is 18.0 Å². The monoisotopic (exact) mass is 492 g/mol. The second kappa shape index (κ2) is 11.7. The number of aryl methyl sites for hydroxylation is 1. The number of carbonyl (C=O) groups excluding carboxylic acids is 2. The SMILES string of the molecule is Cc1c(C(=O)N2CCCCCCCCN(C(=O)CC(C)C)c3ccccc3C2)oc2c(F)cccc12. The van der Waals surface area contributed by atoms with Gasteiger partial charge >= 0.3 is 0 Å². The zero-order valence-electron chi connectivity index (χ0n) is 21.7. The standard InChI is InChI=1S/C30H37FN2O3/c1-21(2)19-27(34)33-18-11-7-5-4-6-10-17-32(20-23-13-8-9-16-26(23)33)30(35)28-22(3)24-14-12-15-25(31)29(24)36-28/h8-9,12-16,21H,4-7,10-11,17-20H2,1-3H3. The molecule has 36 heavy (non-hydrogen) atoms. The quantitative estimate of drug-likeness (QED) is 0.387. The lowest BCUT2D eigenvalue weighted by Gasteiger charge is -2.28. The highest BCUT2D eigenvalue weighted by Crippen LogP contribution is 2.30. The summed E-state index contributed by atoms with van der Waals surface area (Å²) in [6, 6.07) is 12.6. The Morgan fingerprint density at radius 1 is 0.944 bits per heavy atom. The van der Waals surface area contributed by atoms with Gasteiger partial charge in [-0.25, -0.2) is 4.39 Å². The predicted molar refractivity (Wildman–Crippen MR) is 142 cm³/mol. The van der Waals surface area contributed by atoms with E-state index in [1.165, 1.54) is 6.07 Å². The highest BCUT2D eigenvalue weighted by molar-refractivity contribution is 5.99. The van der Waals surface area contributed by atoms with Gasteiger partial charge in [-0.15, -0.1) is 0 Å². The minimum Gasteiger partial charge on any atom is -0.448 e. The summed E-state index contributed by atoms with van der Waals surface area (Å²) < 4.78 is 20.2. The fraction of sp³-hybridized carbons (Fsp3) is 0.467. The molecule has 0 radical (unpaired) electrons. The van der Waals surface area contributed by atoms with E-state index in [1.54, 1.807) is 24.0 Å². The van der Waals surface area contributed by atoms with Crippen molar-refractivity contribution in [3.8, 4) is 0 Å². The Bertz CT molecular complexity index is 1220. The number of hydrogen-bond donors (Lipinski definition) is 0. The van der Waals surface area contributed by atoms with E-state index in [0.717, 1.165) is 49.8 Å². The third kappa shape index (κ3) is 5.80. The first-order valence-corrected chi connectivity index (χ1v) is 13.2. The molecule has 2 aromatic carbocycles. The molecule has 0 bridgehead atoms. The molecule has 0 fully saturated rings. The molecular weight excluding hydrogens is 455 g/mol. The summed E-state index contributed by atoms with van der Waals surface area (Å²) in [5, 5.41) is 0.620. The van der Waals surface area contributed by atoms with E-state index in [-0.39, 0.29) is 29.1 Å². The molecule has 2 heterocycles. The Kier molecular flexibility index (Phi) is 8.44. The van der Waals surface area contributed by atoms with Crippen molar-refractivity contribution < 1.29 is 18.4 Å². The van der Waals surface area contributed by atoms with Crippen LogP contribution >= 0.6 is 0 Å². The second-order valence-corrected chi connectivity index (χ2v) is 10.3. The molecule has 1 aromatic heterocycles. The number of anilines is 1. The number of halogens is 1. The summed E-state index contributed by atoms with van der Waals surface area (Å²) in [5.41, 5.74) is 2.57. The molecule has 192 valence electrons. The van der Waals surface area contributed by atoms with Crippen molar-refractivity contribution in [2.45, 2.75) is 72.3 Å². The van der Waals surface area contributed by atoms with Gasteiger partial charge in [-0.1, -0.05) is 69.9 Å². The van der Waals surface area contributed by atoms with E-state index < -0.39 is 5.82 Å². The van der Waals surface area contributed by atoms with Gasteiger partial charge < -0.3 is 14.2 Å². The van der Waals surface area contributed by atoms with Gasteiger partial charge in [0.1, 0.15) is 0 Å². The predicted octanol–water partition coefficient (Wildman–Crippen LogP) is 7.26. The number of benzene rings is 2. The Morgan fingerprint density at radius 3 is 2.36 bits per heavy atom. The average molecular weight is 493 g/mol. The lowest BCUT2D eigenvalue weighted by Crippen LogP contribution is -2.35. The van der Waals surface area contributed by atoms with Crippen molar-refractivity contribution >= 4 is 28.5 Å². The van der Waals surface area contributed by atoms with E-state index in [0.29, 0.717) is 37.0 Å². The van der Waals surface area contributed by atoms with Crippen LogP contribution in [0, 0.1) is 18.7 Å². The van der Waals surface area contributed by atoms with Crippen LogP contribution in [0.5, 0.6) is 0 Å². The van der Waals surface area contributed by atoms with E-state index in [4.69, 9.17) is 4.42 Å². The smallest absolute Gasteiger partial charge is 0.290 e. The van der Waals surface area contributed by atoms with Crippen LogP contribution in [0.3, 0.4) is 0 Å². The summed E-state index contributed by atoms with van der Waals surface area (Å²) in [4.78, 5) is 30.8. The van der Waals surface area contributed by atoms with Crippen LogP contribution in [0.2, 0.25) is 0 Å². The summed E-state index contributed by atoms with van der Waals surface area (Å²) in [5.74, 6) is -0.140. The Morgan fingerprint density at radius 2 is 1.64 bits per heavy atom. The van der Waals surface area contributed by atoms with Gasteiger partial charge in [-0.3, -0.25) is 9.59 Å². The van der Waals surface area contributed by atoms with Gasteiger partial charge in [-0.2, -0.15) is 0 Å². The summed E-state index contributed by atoms with van der Waals surface area (Å²) in [7, 11) is 0. The van der Waals surface area contributed by atoms with Gasteiger partial charge in [0.2, 0.25) is 5.91 Å². The maximum Gasteiger partial charge on any atom is 0.290 e. The van der Waals surface area contributed by atoms with E-state index in [9.17, 15) is 14.0 Å². The van der Waals surface area contributed by atoms with Crippen LogP contribution in [-0.2, 0) is 11.3 Å². The molecule has 1 aliphatic rings. The number of nitrogens with zero attached hydrogens (tertiary/aromatic N) is 2. The van der Waals surface area contributed by atoms with Crippen LogP contribution < -0.4 is 4.90 Å². The van der Waals surface area contributed by atoms with Crippen molar-refractivity contribution in [3.63, 3.8) is 0 Å². The van der Waals surface area contributed by atoms with Gasteiger partial charge in [0, 0.05) is 42.7 Å². The summed E-state index contributed by atoms with van der Waals surface area (Å²) in [6.45, 7) is 7.54. The van der Waals surface area contributed by atoms with Crippen LogP contribution in [-0.4, -0.2) is 29.8 Å². The van der Waals surface area contributed by atoms with E-state index in [1.807, 2.05) is 29.2 Å². The van der Waals surface area contributed by atoms with Crippen LogP contribution in [0.1, 0.15) is 80.5 Å². The van der Waals surface area contributed by atoms with Crippen LogP contribution in [0.15, 0.2) is 46.9 Å². The molecule has 6 heteroatoms. The van der Waals surface area contributed by atoms with Gasteiger partial charge in [-0.05, 0) is 43.4 Å². The maximum absolute atomic E-state index is 14.4. The van der Waals surface area contributed by atoms with Gasteiger partial charge in [0.05, 0.1) is 0 Å². The highest BCUT2D eigenvalue weighted by Gasteiger charge is 2.27. The molecule has 2 amide bonds. The average Bonchev–Trinajstić information content (AvgIpc) is 3.20. The number of hydrogen-bond acceptors (Lipinski definition) is 3. The first kappa shape index (κ1) is 25.9. The molecule has 0 saturated carbocycles. The van der Waals surface area contributed by atoms with Crippen molar-refractivity contribution in [1.82, 2.24) is 4.90 Å². The molecule has 1 aliphatic heterocycles. The molecule has 0 saturated heterocycles. The zero-order valence-corrected chi connectivity index (χ0v) is 21.7. The van der Waals surface area contributed by atoms with Crippen molar-refractivity contribution in [1.29, 1.82) is 0 Å². The van der Waals surface area contributed by atoms with Crippen LogP contribution in [0.4, 0.5) is 10.1 Å². The molecular formula is C30H37FN2O3. The lowest BCUT2D eigenvalue weighted by atomic mass is 10.1. The second-order valence-electron chi connectivity index (χ2n) is 10.3. The third-order valence-corrected chi connectivity index (χ3v) is 6.98. The Labute approximate surface area is 213 Å². The fourth-order valence-electron chi connectivity index (χ4n) is 5.04. The third-order valence-electron chi connectivity index (χ3n) is 6.98. The van der Waals surface area contributed by atoms with E-state index in [2.05, 4.69) is 13.8 Å². The minimum atomic E-state index is -0.468. The minimum absolute atomic E-state index is 0.119. The van der Waals surface area contributed by atoms with Gasteiger partial charge in [0.15, 0.2) is 17.2 Å². The summed E-state index contributed by atoms with van der Waals surface area (Å²) >= 11 is 0. The largest absolute Gasteiger partial charge is 0.448 e. The molecule has 4 rings (SSSR count). The molecule has 0 N–H and O–H groups in total. The Hall–Kier alpha value is -3.15. The molecule has 3 aromatic rings. The highest BCUT2D eigenvalue weighted by atomic mass is 19.1. The number of amides is 2. The number of carbonyl (C=O) groups is 2. The van der Waals surface area contributed by atoms with Gasteiger partial charge in [0.25, 0.3) is 5.91 Å². The first-order valence-electron chi connectivity index (χ1n) is 13.2. The van der Waals surface area contributed by atoms with Crippen LogP contribution in [0.25, 0.3) is 11.0 Å². The van der Waals surface area contributed by atoms with Crippen molar-refractivity contribution in [3.05, 3.63) is 65.2 Å². The van der Waals surface area contributed by atoms with Crippen molar-refractivity contribution in [2.24, 2.45) is 5.92 Å².